The number of carbonyl (C=O) groups excluding carboxylic acids is 3. The highest BCUT2D eigenvalue weighted by atomic mass is 32.2. The van der Waals surface area contributed by atoms with E-state index in [0.717, 1.165) is 10.4 Å². The molecule has 4 rings (SSSR count). The van der Waals surface area contributed by atoms with Crippen molar-refractivity contribution in [2.24, 2.45) is 0 Å². The molecule has 0 fully saturated rings. The summed E-state index contributed by atoms with van der Waals surface area (Å²) in [5, 5.41) is 3.24. The average molecular weight is 935 g/mol. The molecule has 2 atom stereocenters. The van der Waals surface area contributed by atoms with E-state index in [-0.39, 0.29) is 24.0 Å². The molecule has 3 aromatic carbocycles. The molecule has 0 aliphatic rings. The van der Waals surface area contributed by atoms with Gasteiger partial charge in [-0.05, 0) is 80.3 Å². The summed E-state index contributed by atoms with van der Waals surface area (Å²) in [5.41, 5.74) is -3.56. The molecule has 64 heavy (non-hydrogen) atoms. The van der Waals surface area contributed by atoms with Crippen molar-refractivity contribution in [3.8, 4) is 0 Å². The zero-order valence-corrected chi connectivity index (χ0v) is 38.9. The van der Waals surface area contributed by atoms with Gasteiger partial charge in [-0.25, -0.2) is 9.78 Å². The van der Waals surface area contributed by atoms with E-state index in [1.54, 1.807) is 23.6 Å². The summed E-state index contributed by atoms with van der Waals surface area (Å²) in [6.45, 7) is 12.2. The van der Waals surface area contributed by atoms with Gasteiger partial charge in [0.2, 0.25) is 5.60 Å². The van der Waals surface area contributed by atoms with E-state index in [1.807, 2.05) is 48.7 Å². The second kappa shape index (κ2) is 21.4. The summed E-state index contributed by atoms with van der Waals surface area (Å²) < 4.78 is 106. The quantitative estimate of drug-likeness (QED) is 0.0314. The molecule has 1 unspecified atom stereocenters. The number of aromatic nitrogens is 1. The third kappa shape index (κ3) is 13.1. The highest BCUT2D eigenvalue weighted by molar-refractivity contribution is 7.98. The number of hydrazine groups is 1. The van der Waals surface area contributed by atoms with Crippen LogP contribution in [0.4, 0.5) is 36.8 Å². The largest absolute Gasteiger partial charge is 0.444 e. The number of hydrogen-bond donors (Lipinski definition) is 3. The molecule has 18 heteroatoms. The number of amides is 3. The lowest BCUT2D eigenvalue weighted by Crippen LogP contribution is -2.67. The molecule has 3 N–H and O–H groups in total. The number of alkyl halides is 6. The number of benzene rings is 3. The first kappa shape index (κ1) is 51.7. The molecule has 0 aliphatic carbocycles. The van der Waals surface area contributed by atoms with E-state index < -0.39 is 84.8 Å². The predicted octanol–water partition coefficient (Wildman–Crippen LogP) is 10.4. The number of nitrogens with one attached hydrogen (secondary N) is 3. The molecule has 0 radical (unpaired) electrons. The van der Waals surface area contributed by atoms with E-state index >= 15 is 13.2 Å². The normalized spacial score (nSPS) is 14.0. The molecule has 0 bridgehead atoms. The first-order valence-electron chi connectivity index (χ1n) is 20.6. The smallest absolute Gasteiger partial charge is 0.426 e. The zero-order chi connectivity index (χ0) is 47.6. The molecule has 0 saturated carbocycles. The zero-order valence-electron chi connectivity index (χ0n) is 37.1. The van der Waals surface area contributed by atoms with Gasteiger partial charge in [-0.15, -0.1) is 11.8 Å². The Morgan fingerprint density at radius 3 is 1.80 bits per heavy atom. The Labute approximate surface area is 375 Å². The maximum absolute atomic E-state index is 15.3. The lowest BCUT2D eigenvalue weighted by atomic mass is 9.93. The Kier molecular flexibility index (Phi) is 17.3. The topological polar surface area (TPSA) is 128 Å². The molecule has 348 valence electrons. The third-order valence-corrected chi connectivity index (χ3v) is 16.1. The van der Waals surface area contributed by atoms with Gasteiger partial charge in [-0.3, -0.25) is 25.8 Å². The first-order chi connectivity index (χ1) is 29.8. The minimum Gasteiger partial charge on any atom is -0.444 e. The van der Waals surface area contributed by atoms with E-state index in [2.05, 4.69) is 55.3 Å². The molecule has 0 spiro atoms. The Hall–Kier alpha value is -4.91. The van der Waals surface area contributed by atoms with Crippen LogP contribution in [0.25, 0.3) is 0 Å². The van der Waals surface area contributed by atoms with Crippen LogP contribution < -0.4 is 26.5 Å². The highest BCUT2D eigenvalue weighted by Crippen LogP contribution is 2.41. The molecule has 4 aromatic rings. The number of carbonyl (C=O) groups is 3. The highest BCUT2D eigenvalue weighted by Gasteiger charge is 2.61. The number of ether oxygens (including phenoxy) is 2. The van der Waals surface area contributed by atoms with E-state index in [1.165, 1.54) is 39.2 Å². The fraction of sp³-hybridized carbons (Fsp3) is 0.435. The van der Waals surface area contributed by atoms with E-state index in [9.17, 15) is 27.6 Å². The Balaban J connectivity index is 1.57. The van der Waals surface area contributed by atoms with Crippen molar-refractivity contribution in [3.05, 3.63) is 114 Å². The summed E-state index contributed by atoms with van der Waals surface area (Å²) in [7, 11) is -2.91. The molecule has 1 aromatic heterocycles. The summed E-state index contributed by atoms with van der Waals surface area (Å²) in [5.74, 6) is -3.22. The summed E-state index contributed by atoms with van der Waals surface area (Å²) in [6.07, 6.45) is -10.4. The van der Waals surface area contributed by atoms with Gasteiger partial charge < -0.3 is 13.9 Å². The van der Waals surface area contributed by atoms with Crippen LogP contribution in [0.15, 0.2) is 102 Å². The van der Waals surface area contributed by atoms with E-state index in [0.29, 0.717) is 36.2 Å². The average Bonchev–Trinajstić information content (AvgIpc) is 3.21. The Bertz CT molecular complexity index is 2130. The number of anilines is 1. The van der Waals surface area contributed by atoms with Crippen LogP contribution in [-0.4, -0.2) is 60.9 Å². The van der Waals surface area contributed by atoms with Gasteiger partial charge in [0.05, 0.1) is 17.9 Å². The van der Waals surface area contributed by atoms with Crippen LogP contribution in [0.5, 0.6) is 0 Å². The molecule has 1 heterocycles. The number of halogens is 6. The lowest BCUT2D eigenvalue weighted by Gasteiger charge is -2.44. The van der Waals surface area contributed by atoms with Crippen molar-refractivity contribution >= 4 is 54.0 Å². The summed E-state index contributed by atoms with van der Waals surface area (Å²) >= 11 is 0.527. The van der Waals surface area contributed by atoms with Gasteiger partial charge in [-0.1, -0.05) is 125 Å². The number of thioether (sulfide) groups is 1. The molecular formula is C46H56F6N4O6SSi. The van der Waals surface area contributed by atoms with E-state index in [4.69, 9.17) is 13.9 Å². The molecule has 0 saturated heterocycles. The Morgan fingerprint density at radius 2 is 1.31 bits per heavy atom. The Morgan fingerprint density at radius 1 is 0.766 bits per heavy atom. The predicted molar refractivity (Wildman–Crippen MR) is 238 cm³/mol. The van der Waals surface area contributed by atoms with Gasteiger partial charge in [0, 0.05) is 6.10 Å². The second-order valence-corrected chi connectivity index (χ2v) is 22.3. The van der Waals surface area contributed by atoms with Gasteiger partial charge >= 0.3 is 18.4 Å². The monoisotopic (exact) mass is 934 g/mol. The fourth-order valence-electron chi connectivity index (χ4n) is 7.23. The van der Waals surface area contributed by atoms with Crippen molar-refractivity contribution in [3.63, 3.8) is 0 Å². The fourth-order valence-corrected chi connectivity index (χ4v) is 12.5. The van der Waals surface area contributed by atoms with Crippen LogP contribution in [0.2, 0.25) is 5.04 Å². The van der Waals surface area contributed by atoms with Crippen molar-refractivity contribution in [2.75, 3.05) is 11.6 Å². The minimum atomic E-state index is -5.32. The number of pyridine rings is 1. The first-order valence-corrected chi connectivity index (χ1v) is 23.8. The van der Waals surface area contributed by atoms with Crippen molar-refractivity contribution in [1.82, 2.24) is 15.8 Å². The molecule has 0 aliphatic heterocycles. The van der Waals surface area contributed by atoms with Gasteiger partial charge in [0.25, 0.3) is 20.1 Å². The number of unbranched alkanes of at least 4 members (excludes halogenated alkanes) is 2. The van der Waals surface area contributed by atoms with Gasteiger partial charge in [0.15, 0.2) is 5.69 Å². The van der Waals surface area contributed by atoms with Gasteiger partial charge in [0.1, 0.15) is 10.6 Å². The molecule has 3 amide bonds. The van der Waals surface area contributed by atoms with Crippen LogP contribution in [0, 0.1) is 0 Å². The van der Waals surface area contributed by atoms with Crippen LogP contribution in [-0.2, 0) is 31.5 Å². The number of nitrogens with zero attached hydrogens (tertiary/aromatic N) is 1. The third-order valence-electron chi connectivity index (χ3n) is 10.2. The van der Waals surface area contributed by atoms with Crippen LogP contribution >= 0.6 is 11.8 Å². The maximum atomic E-state index is 15.3. The lowest BCUT2D eigenvalue weighted by molar-refractivity contribution is -0.273. The van der Waals surface area contributed by atoms with Gasteiger partial charge in [-0.2, -0.15) is 26.3 Å². The standard InChI is InChI=1S/C46H56F6N4O6SSi/c1-31(62-64(43(5,6)7,33-24-16-10-17-25-33)34-26-18-11-19-27-34)21-13-12-20-28-44(46(50,51)52,60-30-32-22-14-9-15-23-32)40(58)56-55-38(57)37-36(53-41(59)61-42(2,3)4)29-35(45(47,48)49)39(54-37)63-8/h9-11,14-19,22-27,29,31H,12-13,20-21,28,30H2,1-8H3,(H,53,59)(H,55,57)(H,56,58)/t31?,44-/m1/s1. The van der Waals surface area contributed by atoms with Crippen molar-refractivity contribution in [2.45, 2.75) is 127 Å². The maximum Gasteiger partial charge on any atom is 0.426 e. The van der Waals surface area contributed by atoms with Crippen molar-refractivity contribution in [1.29, 1.82) is 0 Å². The van der Waals surface area contributed by atoms with Crippen molar-refractivity contribution < 1.29 is 54.6 Å². The minimum absolute atomic E-state index is 0.136. The molecular weight excluding hydrogens is 879 g/mol. The summed E-state index contributed by atoms with van der Waals surface area (Å²) in [6, 6.07) is 28.4. The SMILES string of the molecule is CSc1nc(C(=O)NNC(=O)[C@@](CCCCCC(C)O[Si](c2ccccc2)(c2ccccc2)C(C)(C)C)(OCc2ccccc2)C(F)(F)F)c(NC(=O)OC(C)(C)C)cc1C(F)(F)F. The second-order valence-electron chi connectivity index (χ2n) is 17.3. The number of hydrogen-bond acceptors (Lipinski definition) is 8. The summed E-state index contributed by atoms with van der Waals surface area (Å²) in [4.78, 5) is 43.8. The van der Waals surface area contributed by atoms with Crippen LogP contribution in [0.3, 0.4) is 0 Å². The number of rotatable bonds is 17. The molecule has 10 nitrogen and oxygen atoms in total. The van der Waals surface area contributed by atoms with Crippen LogP contribution in [0.1, 0.15) is 102 Å².